The number of benzene rings is 2. The van der Waals surface area contributed by atoms with Crippen LogP contribution in [0.25, 0.3) is 0 Å². The molecule has 2 fully saturated rings. The van der Waals surface area contributed by atoms with Crippen molar-refractivity contribution in [2.45, 2.75) is 19.0 Å². The summed E-state index contributed by atoms with van der Waals surface area (Å²) in [6.07, 6.45) is 0.300. The standard InChI is InChI=1S/C24H28N4O4/c29-23-14-19(17-28(23)20-6-7-21-22(15-20)32-13-12-31-21)25-24(30)27-10-8-26(9-11-27)16-18-4-2-1-3-5-18/h1-7,15,19H,8-14,16-17H2,(H,25,30)/t19-/m1/s1. The fourth-order valence-electron chi connectivity index (χ4n) is 4.47. The second-order valence-electron chi connectivity index (χ2n) is 8.43. The number of hydrogen-bond acceptors (Lipinski definition) is 5. The highest BCUT2D eigenvalue weighted by molar-refractivity contribution is 5.97. The minimum absolute atomic E-state index is 0.000316. The maximum Gasteiger partial charge on any atom is 0.317 e. The Morgan fingerprint density at radius 3 is 2.50 bits per heavy atom. The molecule has 1 N–H and O–H groups in total. The van der Waals surface area contributed by atoms with E-state index >= 15 is 0 Å². The summed E-state index contributed by atoms with van der Waals surface area (Å²) in [7, 11) is 0. The molecule has 5 rings (SSSR count). The lowest BCUT2D eigenvalue weighted by Crippen LogP contribution is -2.53. The van der Waals surface area contributed by atoms with E-state index in [4.69, 9.17) is 9.47 Å². The topological polar surface area (TPSA) is 74.3 Å². The number of fused-ring (bicyclic) bond motifs is 1. The van der Waals surface area contributed by atoms with Gasteiger partial charge >= 0.3 is 6.03 Å². The number of carbonyl (C=O) groups excluding carboxylic acids is 2. The molecular formula is C24H28N4O4. The molecule has 0 spiro atoms. The molecule has 3 aliphatic rings. The van der Waals surface area contributed by atoms with Crippen molar-refractivity contribution in [1.29, 1.82) is 0 Å². The van der Waals surface area contributed by atoms with Gasteiger partial charge in [-0.1, -0.05) is 30.3 Å². The summed E-state index contributed by atoms with van der Waals surface area (Å²) in [5, 5.41) is 3.06. The Bertz CT molecular complexity index is 975. The molecule has 1 atom stereocenters. The molecule has 8 heteroatoms. The van der Waals surface area contributed by atoms with Crippen LogP contribution in [0.2, 0.25) is 0 Å². The van der Waals surface area contributed by atoms with Gasteiger partial charge in [-0.05, 0) is 17.7 Å². The second-order valence-corrected chi connectivity index (χ2v) is 8.43. The molecule has 8 nitrogen and oxygen atoms in total. The van der Waals surface area contributed by atoms with Crippen LogP contribution in [0.1, 0.15) is 12.0 Å². The van der Waals surface area contributed by atoms with E-state index in [1.54, 1.807) is 4.90 Å². The maximum absolute atomic E-state index is 12.8. The summed E-state index contributed by atoms with van der Waals surface area (Å²) in [5.74, 6) is 1.35. The van der Waals surface area contributed by atoms with Crippen LogP contribution in [-0.4, -0.2) is 73.7 Å². The van der Waals surface area contributed by atoms with E-state index in [2.05, 4.69) is 34.5 Å². The van der Waals surface area contributed by atoms with Gasteiger partial charge in [0, 0.05) is 57.4 Å². The first-order valence-electron chi connectivity index (χ1n) is 11.2. The van der Waals surface area contributed by atoms with Crippen molar-refractivity contribution in [3.8, 4) is 11.5 Å². The first-order chi connectivity index (χ1) is 15.7. The van der Waals surface area contributed by atoms with Crippen LogP contribution in [0.4, 0.5) is 10.5 Å². The number of rotatable bonds is 4. The van der Waals surface area contributed by atoms with Crippen LogP contribution in [0.5, 0.6) is 11.5 Å². The highest BCUT2D eigenvalue weighted by Crippen LogP contribution is 2.35. The summed E-state index contributed by atoms with van der Waals surface area (Å²) in [5.41, 5.74) is 2.06. The lowest BCUT2D eigenvalue weighted by atomic mass is 10.2. The zero-order valence-corrected chi connectivity index (χ0v) is 18.0. The molecule has 2 aromatic carbocycles. The van der Waals surface area contributed by atoms with E-state index in [1.165, 1.54) is 5.56 Å². The highest BCUT2D eigenvalue weighted by Gasteiger charge is 2.33. The first-order valence-corrected chi connectivity index (χ1v) is 11.2. The minimum atomic E-state index is -0.203. The van der Waals surface area contributed by atoms with E-state index in [-0.39, 0.29) is 18.0 Å². The van der Waals surface area contributed by atoms with E-state index in [0.29, 0.717) is 50.8 Å². The fourth-order valence-corrected chi connectivity index (χ4v) is 4.47. The van der Waals surface area contributed by atoms with Crippen LogP contribution in [-0.2, 0) is 11.3 Å². The third-order valence-electron chi connectivity index (χ3n) is 6.20. The molecule has 0 bridgehead atoms. The zero-order valence-electron chi connectivity index (χ0n) is 18.0. The van der Waals surface area contributed by atoms with Crippen LogP contribution in [0.15, 0.2) is 48.5 Å². The summed E-state index contributed by atoms with van der Waals surface area (Å²) in [4.78, 5) is 31.3. The second kappa shape index (κ2) is 9.08. The number of piperazine rings is 1. The molecule has 3 aliphatic heterocycles. The van der Waals surface area contributed by atoms with E-state index < -0.39 is 0 Å². The number of amides is 3. The number of carbonyl (C=O) groups is 2. The van der Waals surface area contributed by atoms with E-state index in [1.807, 2.05) is 29.2 Å². The molecule has 2 aromatic rings. The normalized spacial score (nSPS) is 21.0. The fraction of sp³-hybridized carbons (Fsp3) is 0.417. The zero-order chi connectivity index (χ0) is 21.9. The smallest absolute Gasteiger partial charge is 0.317 e. The van der Waals surface area contributed by atoms with Gasteiger partial charge in [0.05, 0.1) is 6.04 Å². The van der Waals surface area contributed by atoms with Crippen molar-refractivity contribution >= 4 is 17.6 Å². The molecule has 168 valence electrons. The quantitative estimate of drug-likeness (QED) is 0.795. The molecule has 0 radical (unpaired) electrons. The van der Waals surface area contributed by atoms with Crippen LogP contribution in [0, 0.1) is 0 Å². The van der Waals surface area contributed by atoms with Crippen LogP contribution in [0.3, 0.4) is 0 Å². The summed E-state index contributed by atoms with van der Waals surface area (Å²) in [6.45, 7) is 5.45. The van der Waals surface area contributed by atoms with Crippen molar-refractivity contribution in [1.82, 2.24) is 15.1 Å². The van der Waals surface area contributed by atoms with Crippen molar-refractivity contribution < 1.29 is 19.1 Å². The maximum atomic E-state index is 12.8. The Morgan fingerprint density at radius 2 is 1.72 bits per heavy atom. The van der Waals surface area contributed by atoms with Gasteiger partial charge in [0.2, 0.25) is 5.91 Å². The predicted molar refractivity (Wildman–Crippen MR) is 120 cm³/mol. The van der Waals surface area contributed by atoms with Gasteiger partial charge in [-0.2, -0.15) is 0 Å². The molecule has 0 unspecified atom stereocenters. The van der Waals surface area contributed by atoms with Crippen molar-refractivity contribution in [3.05, 3.63) is 54.1 Å². The van der Waals surface area contributed by atoms with Gasteiger partial charge in [0.25, 0.3) is 0 Å². The molecule has 3 amide bonds. The Kier molecular flexibility index (Phi) is 5.85. The molecule has 0 saturated carbocycles. The summed E-state index contributed by atoms with van der Waals surface area (Å²) in [6, 6.07) is 15.6. The molecular weight excluding hydrogens is 408 g/mol. The lowest BCUT2D eigenvalue weighted by molar-refractivity contribution is -0.117. The summed E-state index contributed by atoms with van der Waals surface area (Å²) >= 11 is 0. The van der Waals surface area contributed by atoms with Crippen molar-refractivity contribution in [3.63, 3.8) is 0 Å². The predicted octanol–water partition coefficient (Wildman–Crippen LogP) is 2.09. The molecule has 0 aromatic heterocycles. The average Bonchev–Trinajstić information content (AvgIpc) is 3.19. The van der Waals surface area contributed by atoms with Crippen LogP contribution < -0.4 is 19.7 Å². The molecule has 0 aliphatic carbocycles. The van der Waals surface area contributed by atoms with Gasteiger partial charge in [0.15, 0.2) is 11.5 Å². The Morgan fingerprint density at radius 1 is 0.969 bits per heavy atom. The largest absolute Gasteiger partial charge is 0.486 e. The van der Waals surface area contributed by atoms with Gasteiger partial charge in [-0.15, -0.1) is 0 Å². The SMILES string of the molecule is O=C(N[C@@H]1CC(=O)N(c2ccc3c(c2)OCCO3)C1)N1CCN(Cc2ccccc2)CC1. The van der Waals surface area contributed by atoms with Crippen molar-refractivity contribution in [2.75, 3.05) is 50.8 Å². The van der Waals surface area contributed by atoms with Crippen LogP contribution >= 0.6 is 0 Å². The number of anilines is 1. The molecule has 2 saturated heterocycles. The Labute approximate surface area is 187 Å². The monoisotopic (exact) mass is 436 g/mol. The Balaban J connectivity index is 1.13. The minimum Gasteiger partial charge on any atom is -0.486 e. The van der Waals surface area contributed by atoms with E-state index in [0.717, 1.165) is 25.3 Å². The van der Waals surface area contributed by atoms with E-state index in [9.17, 15) is 9.59 Å². The average molecular weight is 437 g/mol. The first kappa shape index (κ1) is 20.6. The molecule has 3 heterocycles. The summed E-state index contributed by atoms with van der Waals surface area (Å²) < 4.78 is 11.2. The number of nitrogens with one attached hydrogen (secondary N) is 1. The van der Waals surface area contributed by atoms with Gasteiger partial charge < -0.3 is 24.6 Å². The molecule has 32 heavy (non-hydrogen) atoms. The highest BCUT2D eigenvalue weighted by atomic mass is 16.6. The van der Waals surface area contributed by atoms with Gasteiger partial charge in [-0.3, -0.25) is 9.69 Å². The number of nitrogens with zero attached hydrogens (tertiary/aromatic N) is 3. The number of hydrogen-bond donors (Lipinski definition) is 1. The third-order valence-corrected chi connectivity index (χ3v) is 6.20. The lowest BCUT2D eigenvalue weighted by Gasteiger charge is -2.35. The number of ether oxygens (including phenoxy) is 2. The number of urea groups is 1. The Hall–Kier alpha value is -3.26. The van der Waals surface area contributed by atoms with Gasteiger partial charge in [0.1, 0.15) is 13.2 Å². The van der Waals surface area contributed by atoms with Gasteiger partial charge in [-0.25, -0.2) is 4.79 Å². The van der Waals surface area contributed by atoms with Crippen molar-refractivity contribution in [2.24, 2.45) is 0 Å². The third kappa shape index (κ3) is 4.50.